The van der Waals surface area contributed by atoms with E-state index >= 15 is 0 Å². The molecule has 13 heteroatoms. The lowest BCUT2D eigenvalue weighted by molar-refractivity contribution is -0.143. The minimum atomic E-state index is -4.96. The Labute approximate surface area is 240 Å². The molecular formula is C29H35F6N3O4. The van der Waals surface area contributed by atoms with E-state index in [2.05, 4.69) is 16.2 Å². The number of benzene rings is 2. The Balaban J connectivity index is 1.69. The number of urea groups is 1. The Kier molecular flexibility index (Phi) is 10.1. The first kappa shape index (κ1) is 33.0. The van der Waals surface area contributed by atoms with Crippen molar-refractivity contribution in [1.29, 1.82) is 0 Å². The molecule has 0 spiro atoms. The van der Waals surface area contributed by atoms with Crippen LogP contribution in [0.4, 0.5) is 35.9 Å². The Bertz CT molecular complexity index is 1190. The Hall–Kier alpha value is -3.48. The molecule has 3 amide bonds. The van der Waals surface area contributed by atoms with Gasteiger partial charge in [-0.25, -0.2) is 20.4 Å². The maximum atomic E-state index is 13.4. The van der Waals surface area contributed by atoms with Gasteiger partial charge in [0.25, 0.3) is 0 Å². The summed E-state index contributed by atoms with van der Waals surface area (Å²) in [7, 11) is 0. The quantitative estimate of drug-likeness (QED) is 0.237. The number of carbonyl (C=O) groups excluding carboxylic acids is 2. The van der Waals surface area contributed by atoms with Gasteiger partial charge in [0, 0.05) is 11.5 Å². The molecule has 1 aliphatic carbocycles. The molecule has 0 heterocycles. The summed E-state index contributed by atoms with van der Waals surface area (Å²) in [6.07, 6.45) is -9.74. The normalized spacial score (nSPS) is 20.4. The van der Waals surface area contributed by atoms with E-state index in [0.717, 1.165) is 5.56 Å². The average molecular weight is 604 g/mol. The summed E-state index contributed by atoms with van der Waals surface area (Å²) in [5.74, 6) is 0. The molecule has 1 aliphatic rings. The number of hydrogen-bond donors (Lipinski definition) is 3. The lowest BCUT2D eigenvalue weighted by Gasteiger charge is -2.41. The number of ether oxygens (including phenoxy) is 2. The third-order valence-corrected chi connectivity index (χ3v) is 7.03. The fourth-order valence-electron chi connectivity index (χ4n) is 4.85. The molecule has 2 aromatic rings. The summed E-state index contributed by atoms with van der Waals surface area (Å²) in [4.78, 5) is 24.1. The molecule has 0 aliphatic heterocycles. The van der Waals surface area contributed by atoms with Gasteiger partial charge in [0.1, 0.15) is 5.60 Å². The summed E-state index contributed by atoms with van der Waals surface area (Å²) in [5.41, 5.74) is 0.947. The van der Waals surface area contributed by atoms with Crippen molar-refractivity contribution in [2.75, 3.05) is 6.61 Å². The van der Waals surface area contributed by atoms with Gasteiger partial charge in [0.05, 0.1) is 23.8 Å². The molecule has 1 saturated carbocycles. The predicted molar refractivity (Wildman–Crippen MR) is 142 cm³/mol. The monoisotopic (exact) mass is 603 g/mol. The second kappa shape index (κ2) is 12.8. The van der Waals surface area contributed by atoms with Crippen LogP contribution in [0.5, 0.6) is 0 Å². The van der Waals surface area contributed by atoms with E-state index in [0.29, 0.717) is 37.8 Å². The molecule has 3 N–H and O–H groups in total. The molecule has 1 fully saturated rings. The number of alkyl halides is 6. The van der Waals surface area contributed by atoms with Gasteiger partial charge >= 0.3 is 24.5 Å². The highest BCUT2D eigenvalue weighted by Gasteiger charge is 2.40. The van der Waals surface area contributed by atoms with E-state index < -0.39 is 52.7 Å². The second-order valence-electron chi connectivity index (χ2n) is 11.4. The van der Waals surface area contributed by atoms with E-state index in [9.17, 15) is 35.9 Å². The van der Waals surface area contributed by atoms with E-state index in [1.807, 2.05) is 30.3 Å². The molecule has 1 atom stereocenters. The van der Waals surface area contributed by atoms with Crippen LogP contribution in [0.2, 0.25) is 0 Å². The lowest BCUT2D eigenvalue weighted by atomic mass is 9.68. The number of hydrazine groups is 1. The number of carbonyl (C=O) groups is 2. The molecule has 0 radical (unpaired) electrons. The van der Waals surface area contributed by atoms with Gasteiger partial charge in [-0.05, 0) is 82.7 Å². The molecule has 3 rings (SSSR count). The van der Waals surface area contributed by atoms with Gasteiger partial charge in [-0.1, -0.05) is 30.3 Å². The second-order valence-corrected chi connectivity index (χ2v) is 11.4. The Morgan fingerprint density at radius 3 is 1.95 bits per heavy atom. The first-order valence-corrected chi connectivity index (χ1v) is 13.4. The van der Waals surface area contributed by atoms with Crippen LogP contribution in [0.1, 0.15) is 81.7 Å². The van der Waals surface area contributed by atoms with Crippen LogP contribution >= 0.6 is 0 Å². The molecule has 2 aromatic carbocycles. The fourth-order valence-corrected chi connectivity index (χ4v) is 4.85. The van der Waals surface area contributed by atoms with Gasteiger partial charge in [-0.2, -0.15) is 26.3 Å². The summed E-state index contributed by atoms with van der Waals surface area (Å²) < 4.78 is 91.3. The van der Waals surface area contributed by atoms with Crippen molar-refractivity contribution in [3.8, 4) is 0 Å². The van der Waals surface area contributed by atoms with Gasteiger partial charge < -0.3 is 14.8 Å². The number of halogens is 6. The highest BCUT2D eigenvalue weighted by Crippen LogP contribution is 2.42. The third kappa shape index (κ3) is 9.27. The molecule has 7 nitrogen and oxygen atoms in total. The van der Waals surface area contributed by atoms with Crippen LogP contribution in [-0.2, 0) is 27.2 Å². The smallest absolute Gasteiger partial charge is 0.426 e. The first-order chi connectivity index (χ1) is 19.4. The summed E-state index contributed by atoms with van der Waals surface area (Å²) >= 11 is 0. The topological polar surface area (TPSA) is 88.7 Å². The highest BCUT2D eigenvalue weighted by molar-refractivity contribution is 5.77. The predicted octanol–water partition coefficient (Wildman–Crippen LogP) is 7.42. The van der Waals surface area contributed by atoms with Crippen LogP contribution in [-0.4, -0.2) is 30.4 Å². The van der Waals surface area contributed by atoms with Crippen molar-refractivity contribution < 1.29 is 45.4 Å². The van der Waals surface area contributed by atoms with Crippen LogP contribution in [0.3, 0.4) is 0 Å². The largest absolute Gasteiger partial charge is 0.443 e. The zero-order chi connectivity index (χ0) is 31.3. The van der Waals surface area contributed by atoms with Gasteiger partial charge in [0.15, 0.2) is 0 Å². The zero-order valence-corrected chi connectivity index (χ0v) is 23.7. The summed E-state index contributed by atoms with van der Waals surface area (Å²) in [5, 5.41) is 2.78. The van der Waals surface area contributed by atoms with Crippen molar-refractivity contribution in [3.05, 3.63) is 70.8 Å². The first-order valence-electron chi connectivity index (χ1n) is 13.4. The minimum Gasteiger partial charge on any atom is -0.443 e. The molecule has 0 saturated heterocycles. The van der Waals surface area contributed by atoms with Crippen molar-refractivity contribution in [1.82, 2.24) is 16.2 Å². The van der Waals surface area contributed by atoms with E-state index in [4.69, 9.17) is 9.47 Å². The molecule has 232 valence electrons. The Morgan fingerprint density at radius 1 is 0.905 bits per heavy atom. The standard InChI is InChI=1S/C29H35F6N3O4/c1-18(19-14-21(28(30,31)32)16-22(15-19)29(33,34)35)41-17-27(20-8-6-5-7-9-20)12-10-23(11-13-27)36-24(39)37-38-25(40)42-26(2,3)4/h5-9,14-16,18,23H,10-13,17H2,1-4H3,(H,38,40)(H2,36,37,39)/t18-,23?,27?/m1/s1. The molecule has 0 aromatic heterocycles. The maximum Gasteiger partial charge on any atom is 0.426 e. The molecule has 0 unspecified atom stereocenters. The van der Waals surface area contributed by atoms with Crippen molar-refractivity contribution in [2.45, 2.75) is 88.9 Å². The Morgan fingerprint density at radius 2 is 1.45 bits per heavy atom. The number of rotatable bonds is 6. The van der Waals surface area contributed by atoms with Crippen molar-refractivity contribution in [3.63, 3.8) is 0 Å². The average Bonchev–Trinajstić information content (AvgIpc) is 2.90. The fraction of sp³-hybridized carbons (Fsp3) is 0.517. The van der Waals surface area contributed by atoms with E-state index in [1.54, 1.807) is 20.8 Å². The van der Waals surface area contributed by atoms with Crippen molar-refractivity contribution in [2.24, 2.45) is 0 Å². The van der Waals surface area contributed by atoms with E-state index in [1.165, 1.54) is 6.92 Å². The van der Waals surface area contributed by atoms with Gasteiger partial charge in [0.2, 0.25) is 0 Å². The zero-order valence-electron chi connectivity index (χ0n) is 23.7. The minimum absolute atomic E-state index is 0.0366. The molecule has 42 heavy (non-hydrogen) atoms. The number of amides is 3. The third-order valence-electron chi connectivity index (χ3n) is 7.03. The number of nitrogens with one attached hydrogen (secondary N) is 3. The highest BCUT2D eigenvalue weighted by atomic mass is 19.4. The summed E-state index contributed by atoms with van der Waals surface area (Å²) in [6.45, 7) is 6.49. The maximum absolute atomic E-state index is 13.4. The lowest BCUT2D eigenvalue weighted by Crippen LogP contribution is -2.52. The summed E-state index contributed by atoms with van der Waals surface area (Å²) in [6, 6.07) is 9.86. The van der Waals surface area contributed by atoms with Crippen LogP contribution in [0, 0.1) is 0 Å². The SMILES string of the molecule is C[C@@H](OCC1(c2ccccc2)CCC(NC(=O)NNC(=O)OC(C)(C)C)CC1)c1cc(C(F)(F)F)cc(C(F)(F)F)c1. The van der Waals surface area contributed by atoms with Crippen LogP contribution in [0.25, 0.3) is 0 Å². The molecule has 0 bridgehead atoms. The van der Waals surface area contributed by atoms with Crippen LogP contribution < -0.4 is 16.2 Å². The van der Waals surface area contributed by atoms with Crippen LogP contribution in [0.15, 0.2) is 48.5 Å². The van der Waals surface area contributed by atoms with Gasteiger partial charge in [-0.15, -0.1) is 0 Å². The van der Waals surface area contributed by atoms with Gasteiger partial charge in [-0.3, -0.25) is 0 Å². The van der Waals surface area contributed by atoms with E-state index in [-0.39, 0.29) is 24.3 Å². The number of hydrogen-bond acceptors (Lipinski definition) is 4. The van der Waals surface area contributed by atoms with Crippen molar-refractivity contribution >= 4 is 12.1 Å². The molecular weight excluding hydrogens is 568 g/mol.